The van der Waals surface area contributed by atoms with Crippen molar-refractivity contribution in [3.05, 3.63) is 48.0 Å². The van der Waals surface area contributed by atoms with E-state index in [2.05, 4.69) is 9.64 Å². The Morgan fingerprint density at radius 3 is 2.62 bits per heavy atom. The predicted molar refractivity (Wildman–Crippen MR) is 87.2 cm³/mol. The van der Waals surface area contributed by atoms with Gasteiger partial charge >= 0.3 is 6.61 Å². The quantitative estimate of drug-likeness (QED) is 0.824. The number of para-hydroxylation sites is 1. The summed E-state index contributed by atoms with van der Waals surface area (Å²) >= 11 is 0. The van der Waals surface area contributed by atoms with Crippen LogP contribution in [-0.2, 0) is 6.54 Å². The number of methoxy groups -OCH3 is 1. The van der Waals surface area contributed by atoms with Crippen molar-refractivity contribution in [3.63, 3.8) is 0 Å². The van der Waals surface area contributed by atoms with Gasteiger partial charge < -0.3 is 19.1 Å². The predicted octanol–water partition coefficient (Wildman–Crippen LogP) is 4.08. The molecule has 6 heteroatoms. The Morgan fingerprint density at radius 1 is 1.21 bits per heavy atom. The Kier molecular flexibility index (Phi) is 4.74. The molecule has 1 atom stereocenters. The van der Waals surface area contributed by atoms with E-state index in [1.165, 1.54) is 6.07 Å². The minimum Gasteiger partial charge on any atom is -0.497 e. The molecule has 3 rings (SSSR count). The van der Waals surface area contributed by atoms with E-state index in [-0.39, 0.29) is 11.9 Å². The number of hydrogen-bond acceptors (Lipinski definition) is 4. The summed E-state index contributed by atoms with van der Waals surface area (Å²) in [5.41, 5.74) is 1.85. The molecule has 2 aromatic rings. The van der Waals surface area contributed by atoms with E-state index in [4.69, 9.17) is 9.47 Å². The number of halogens is 2. The zero-order chi connectivity index (χ0) is 17.1. The van der Waals surface area contributed by atoms with Gasteiger partial charge in [0.1, 0.15) is 11.9 Å². The van der Waals surface area contributed by atoms with E-state index in [0.29, 0.717) is 18.8 Å². The summed E-state index contributed by atoms with van der Waals surface area (Å²) < 4.78 is 40.7. The smallest absolute Gasteiger partial charge is 0.387 e. The number of hydrogen-bond donors (Lipinski definition) is 0. The minimum atomic E-state index is -2.88. The number of ether oxygens (including phenoxy) is 3. The monoisotopic (exact) mass is 335 g/mol. The Bertz CT molecular complexity index is 691. The van der Waals surface area contributed by atoms with Gasteiger partial charge in [-0.2, -0.15) is 8.78 Å². The maximum atomic E-state index is 12.6. The lowest BCUT2D eigenvalue weighted by molar-refractivity contribution is -0.0520. The van der Waals surface area contributed by atoms with Crippen molar-refractivity contribution in [1.29, 1.82) is 0 Å². The van der Waals surface area contributed by atoms with Crippen molar-refractivity contribution >= 4 is 5.69 Å². The molecule has 2 aromatic carbocycles. The van der Waals surface area contributed by atoms with Gasteiger partial charge in [0, 0.05) is 6.54 Å². The van der Waals surface area contributed by atoms with E-state index in [9.17, 15) is 8.78 Å². The first-order valence-corrected chi connectivity index (χ1v) is 7.69. The lowest BCUT2D eigenvalue weighted by Crippen LogP contribution is -2.38. The summed E-state index contributed by atoms with van der Waals surface area (Å²) in [6.07, 6.45) is -0.127. The van der Waals surface area contributed by atoms with Gasteiger partial charge in [-0.3, -0.25) is 0 Å². The van der Waals surface area contributed by atoms with Crippen LogP contribution < -0.4 is 19.1 Å². The first-order valence-electron chi connectivity index (χ1n) is 7.69. The van der Waals surface area contributed by atoms with Crippen molar-refractivity contribution in [2.75, 3.05) is 18.6 Å². The third kappa shape index (κ3) is 3.53. The van der Waals surface area contributed by atoms with Crippen LogP contribution in [0.25, 0.3) is 0 Å². The summed E-state index contributed by atoms with van der Waals surface area (Å²) in [6, 6.07) is 12.8. The number of fused-ring (bicyclic) bond motifs is 1. The van der Waals surface area contributed by atoms with E-state index in [1.807, 2.05) is 37.3 Å². The number of benzene rings is 2. The molecule has 1 aliphatic rings. The third-order valence-electron chi connectivity index (χ3n) is 3.84. The molecule has 0 spiro atoms. The number of alkyl halides is 2. The van der Waals surface area contributed by atoms with Crippen LogP contribution >= 0.6 is 0 Å². The van der Waals surface area contributed by atoms with Crippen molar-refractivity contribution < 1.29 is 23.0 Å². The standard InChI is InChI=1S/C18H19F2NO3/c1-12-10-21(11-13-6-8-14(22-2)9-7-13)15-4-3-5-16(17(15)23-12)24-18(19)20/h3-9,12,18H,10-11H2,1-2H3/t12-/m1/s1. The van der Waals surface area contributed by atoms with E-state index >= 15 is 0 Å². The van der Waals surface area contributed by atoms with Gasteiger partial charge in [-0.1, -0.05) is 18.2 Å². The van der Waals surface area contributed by atoms with Crippen LogP contribution in [0.3, 0.4) is 0 Å². The second-order valence-electron chi connectivity index (χ2n) is 5.64. The summed E-state index contributed by atoms with van der Waals surface area (Å²) in [5, 5.41) is 0. The highest BCUT2D eigenvalue weighted by molar-refractivity contribution is 5.66. The highest BCUT2D eigenvalue weighted by Gasteiger charge is 2.27. The van der Waals surface area contributed by atoms with Crippen molar-refractivity contribution in [1.82, 2.24) is 0 Å². The van der Waals surface area contributed by atoms with E-state index in [0.717, 1.165) is 17.0 Å². The van der Waals surface area contributed by atoms with Crippen LogP contribution in [0.2, 0.25) is 0 Å². The molecule has 1 heterocycles. The van der Waals surface area contributed by atoms with E-state index in [1.54, 1.807) is 13.2 Å². The average molecular weight is 335 g/mol. The van der Waals surface area contributed by atoms with Crippen molar-refractivity contribution in [2.45, 2.75) is 26.2 Å². The van der Waals surface area contributed by atoms with Gasteiger partial charge in [0.05, 0.1) is 19.3 Å². The summed E-state index contributed by atoms with van der Waals surface area (Å²) in [6.45, 7) is 0.329. The van der Waals surface area contributed by atoms with Crippen LogP contribution in [0.5, 0.6) is 17.2 Å². The molecule has 0 aliphatic carbocycles. The summed E-state index contributed by atoms with van der Waals surface area (Å²) in [4.78, 5) is 2.10. The Labute approximate surface area is 139 Å². The van der Waals surface area contributed by atoms with Gasteiger partial charge in [-0.25, -0.2) is 0 Å². The fraction of sp³-hybridized carbons (Fsp3) is 0.333. The van der Waals surface area contributed by atoms with E-state index < -0.39 is 6.61 Å². The molecule has 0 bridgehead atoms. The topological polar surface area (TPSA) is 30.9 Å². The zero-order valence-electron chi connectivity index (χ0n) is 13.5. The Morgan fingerprint density at radius 2 is 1.96 bits per heavy atom. The molecular weight excluding hydrogens is 316 g/mol. The van der Waals surface area contributed by atoms with Crippen LogP contribution in [0, 0.1) is 0 Å². The Balaban J connectivity index is 1.87. The average Bonchev–Trinajstić information content (AvgIpc) is 2.56. The second-order valence-corrected chi connectivity index (χ2v) is 5.64. The maximum absolute atomic E-state index is 12.6. The summed E-state index contributed by atoms with van der Waals surface area (Å²) in [5.74, 6) is 1.22. The van der Waals surface area contributed by atoms with Gasteiger partial charge in [0.25, 0.3) is 0 Å². The fourth-order valence-electron chi connectivity index (χ4n) is 2.81. The molecule has 0 radical (unpaired) electrons. The van der Waals surface area contributed by atoms with Crippen molar-refractivity contribution in [2.24, 2.45) is 0 Å². The van der Waals surface area contributed by atoms with Gasteiger partial charge in [0.2, 0.25) is 0 Å². The van der Waals surface area contributed by atoms with Crippen LogP contribution in [0.1, 0.15) is 12.5 Å². The molecule has 0 amide bonds. The molecular formula is C18H19F2NO3. The second kappa shape index (κ2) is 6.95. The van der Waals surface area contributed by atoms with Crippen LogP contribution in [-0.4, -0.2) is 26.4 Å². The Hall–Kier alpha value is -2.50. The number of nitrogens with zero attached hydrogens (tertiary/aromatic N) is 1. The first kappa shape index (κ1) is 16.4. The molecule has 0 aromatic heterocycles. The minimum absolute atomic E-state index is 0.0637. The first-order chi connectivity index (χ1) is 11.6. The molecule has 0 fully saturated rings. The van der Waals surface area contributed by atoms with Gasteiger partial charge in [-0.15, -0.1) is 0 Å². The highest BCUT2D eigenvalue weighted by atomic mass is 19.3. The maximum Gasteiger partial charge on any atom is 0.387 e. The highest BCUT2D eigenvalue weighted by Crippen LogP contribution is 2.42. The molecule has 128 valence electrons. The third-order valence-corrected chi connectivity index (χ3v) is 3.84. The van der Waals surface area contributed by atoms with Crippen LogP contribution in [0.15, 0.2) is 42.5 Å². The van der Waals surface area contributed by atoms with Gasteiger partial charge in [-0.05, 0) is 36.8 Å². The molecule has 0 saturated carbocycles. The molecule has 4 nitrogen and oxygen atoms in total. The fourth-order valence-corrected chi connectivity index (χ4v) is 2.81. The zero-order valence-corrected chi connectivity index (χ0v) is 13.5. The largest absolute Gasteiger partial charge is 0.497 e. The van der Waals surface area contributed by atoms with Crippen molar-refractivity contribution in [3.8, 4) is 17.2 Å². The summed E-state index contributed by atoms with van der Waals surface area (Å²) in [7, 11) is 1.62. The van der Waals surface area contributed by atoms with Crippen LogP contribution in [0.4, 0.5) is 14.5 Å². The molecule has 0 N–H and O–H groups in total. The number of rotatable bonds is 5. The molecule has 1 aliphatic heterocycles. The molecule has 0 unspecified atom stereocenters. The van der Waals surface area contributed by atoms with Gasteiger partial charge in [0.15, 0.2) is 11.5 Å². The normalized spacial score (nSPS) is 16.5. The molecule has 24 heavy (non-hydrogen) atoms. The lowest BCUT2D eigenvalue weighted by Gasteiger charge is -2.35. The SMILES string of the molecule is COc1ccc(CN2C[C@@H](C)Oc3c(OC(F)F)cccc32)cc1. The number of anilines is 1. The lowest BCUT2D eigenvalue weighted by atomic mass is 10.1. The molecule has 0 saturated heterocycles.